The highest BCUT2D eigenvalue weighted by Gasteiger charge is 2.13. The van der Waals surface area contributed by atoms with Crippen LogP contribution in [0.1, 0.15) is 25.8 Å². The van der Waals surface area contributed by atoms with Crippen molar-refractivity contribution in [3.8, 4) is 5.75 Å². The van der Waals surface area contributed by atoms with E-state index in [2.05, 4.69) is 0 Å². The van der Waals surface area contributed by atoms with Crippen molar-refractivity contribution in [2.24, 2.45) is 0 Å². The van der Waals surface area contributed by atoms with Gasteiger partial charge in [-0.2, -0.15) is 0 Å². The molecule has 1 amide bonds. The molecule has 0 unspecified atom stereocenters. The number of Topliss-reactive ketones (excluding diaryl/α,β-unsaturated/α-hetero) is 1. The van der Waals surface area contributed by atoms with Crippen LogP contribution in [0.2, 0.25) is 0 Å². The van der Waals surface area contributed by atoms with Gasteiger partial charge in [-0.05, 0) is 44.5 Å². The van der Waals surface area contributed by atoms with Crippen molar-refractivity contribution in [2.75, 3.05) is 18.6 Å². The predicted octanol–water partition coefficient (Wildman–Crippen LogP) is 2.34. The fourth-order valence-corrected chi connectivity index (χ4v) is 1.64. The van der Waals surface area contributed by atoms with Crippen molar-refractivity contribution in [1.82, 2.24) is 0 Å². The Labute approximate surface area is 108 Å². The minimum atomic E-state index is -0.203. The number of anilines is 1. The molecule has 0 saturated carbocycles. The maximum absolute atomic E-state index is 11.7. The molecule has 4 heteroatoms. The molecule has 0 atom stereocenters. The molecule has 0 aromatic heterocycles. The van der Waals surface area contributed by atoms with Gasteiger partial charge < -0.3 is 9.64 Å². The van der Waals surface area contributed by atoms with E-state index in [1.54, 1.807) is 7.05 Å². The quantitative estimate of drug-likeness (QED) is 0.752. The number of hydrogen-bond acceptors (Lipinski definition) is 3. The largest absolute Gasteiger partial charge is 0.494 e. The Morgan fingerprint density at radius 3 is 2.50 bits per heavy atom. The molecule has 1 aromatic carbocycles. The van der Waals surface area contributed by atoms with Gasteiger partial charge in [0, 0.05) is 12.7 Å². The molecule has 0 aliphatic carbocycles. The third-order valence-corrected chi connectivity index (χ3v) is 2.62. The Balaban J connectivity index is 2.87. The van der Waals surface area contributed by atoms with Crippen LogP contribution in [0.15, 0.2) is 18.2 Å². The first-order valence-electron chi connectivity index (χ1n) is 5.95. The first kappa shape index (κ1) is 14.2. The maximum atomic E-state index is 11.7. The zero-order chi connectivity index (χ0) is 13.7. The monoisotopic (exact) mass is 249 g/mol. The van der Waals surface area contributed by atoms with E-state index < -0.39 is 0 Å². The number of carbonyl (C=O) groups is 2. The summed E-state index contributed by atoms with van der Waals surface area (Å²) < 4.78 is 5.44. The third-order valence-electron chi connectivity index (χ3n) is 2.62. The Bertz CT molecular complexity index is 454. The lowest BCUT2D eigenvalue weighted by Crippen LogP contribution is -2.27. The highest BCUT2D eigenvalue weighted by molar-refractivity contribution is 6.04. The Kier molecular flexibility index (Phi) is 4.89. The molecule has 0 radical (unpaired) electrons. The topological polar surface area (TPSA) is 46.6 Å². The predicted molar refractivity (Wildman–Crippen MR) is 71.1 cm³/mol. The summed E-state index contributed by atoms with van der Waals surface area (Å²) in [6.07, 6.45) is -0.0667. The smallest absolute Gasteiger partial charge is 0.234 e. The summed E-state index contributed by atoms with van der Waals surface area (Å²) >= 11 is 0. The lowest BCUT2D eigenvalue weighted by molar-refractivity contribution is -0.125. The molecule has 0 heterocycles. The zero-order valence-corrected chi connectivity index (χ0v) is 11.3. The molecule has 0 N–H and O–H groups in total. The third kappa shape index (κ3) is 3.58. The lowest BCUT2D eigenvalue weighted by atomic mass is 10.1. The van der Waals surface area contributed by atoms with Crippen LogP contribution < -0.4 is 9.64 Å². The fourth-order valence-electron chi connectivity index (χ4n) is 1.64. The van der Waals surface area contributed by atoms with Crippen molar-refractivity contribution < 1.29 is 14.3 Å². The number of rotatable bonds is 5. The first-order chi connectivity index (χ1) is 8.45. The van der Waals surface area contributed by atoms with Crippen LogP contribution in [0.4, 0.5) is 5.69 Å². The van der Waals surface area contributed by atoms with Gasteiger partial charge in [0.25, 0.3) is 0 Å². The zero-order valence-electron chi connectivity index (χ0n) is 11.3. The van der Waals surface area contributed by atoms with Crippen molar-refractivity contribution in [2.45, 2.75) is 27.2 Å². The van der Waals surface area contributed by atoms with E-state index in [0.29, 0.717) is 6.61 Å². The highest BCUT2D eigenvalue weighted by atomic mass is 16.5. The molecule has 4 nitrogen and oxygen atoms in total. The first-order valence-corrected chi connectivity index (χ1v) is 5.95. The fraction of sp³-hybridized carbons (Fsp3) is 0.429. The number of carbonyl (C=O) groups excluding carboxylic acids is 2. The van der Waals surface area contributed by atoms with Crippen LogP contribution >= 0.6 is 0 Å². The van der Waals surface area contributed by atoms with E-state index in [4.69, 9.17) is 4.74 Å². The van der Waals surface area contributed by atoms with Gasteiger partial charge in [0.1, 0.15) is 11.5 Å². The average Bonchev–Trinajstić information content (AvgIpc) is 2.30. The van der Waals surface area contributed by atoms with Crippen LogP contribution in [0.3, 0.4) is 0 Å². The molecule has 1 rings (SSSR count). The molecule has 98 valence electrons. The molecule has 0 fully saturated rings. The van der Waals surface area contributed by atoms with E-state index in [0.717, 1.165) is 17.0 Å². The van der Waals surface area contributed by atoms with Gasteiger partial charge in [-0.25, -0.2) is 0 Å². The summed E-state index contributed by atoms with van der Waals surface area (Å²) in [6, 6.07) is 5.53. The normalized spacial score (nSPS) is 10.0. The lowest BCUT2D eigenvalue weighted by Gasteiger charge is -2.18. The number of ketones is 1. The van der Waals surface area contributed by atoms with E-state index in [1.807, 2.05) is 32.0 Å². The van der Waals surface area contributed by atoms with E-state index in [-0.39, 0.29) is 18.1 Å². The summed E-state index contributed by atoms with van der Waals surface area (Å²) in [5.74, 6) is 0.481. The molecule has 0 spiro atoms. The molecular weight excluding hydrogens is 230 g/mol. The van der Waals surface area contributed by atoms with Crippen LogP contribution in [-0.2, 0) is 9.59 Å². The summed E-state index contributed by atoms with van der Waals surface area (Å²) in [7, 11) is 1.67. The van der Waals surface area contributed by atoms with Gasteiger partial charge in [-0.3, -0.25) is 9.59 Å². The second-order valence-electron chi connectivity index (χ2n) is 4.21. The number of aryl methyl sites for hydroxylation is 1. The summed E-state index contributed by atoms with van der Waals surface area (Å²) in [5, 5.41) is 0. The molecule has 0 bridgehead atoms. The van der Waals surface area contributed by atoms with Crippen molar-refractivity contribution in [1.29, 1.82) is 0 Å². The van der Waals surface area contributed by atoms with Gasteiger partial charge in [0.2, 0.25) is 5.91 Å². The van der Waals surface area contributed by atoms with Crippen LogP contribution in [-0.4, -0.2) is 25.3 Å². The van der Waals surface area contributed by atoms with E-state index in [1.165, 1.54) is 11.8 Å². The van der Waals surface area contributed by atoms with Crippen LogP contribution in [0, 0.1) is 6.92 Å². The van der Waals surface area contributed by atoms with Crippen molar-refractivity contribution >= 4 is 17.4 Å². The molecule has 1 aromatic rings. The Morgan fingerprint density at radius 1 is 1.33 bits per heavy atom. The second kappa shape index (κ2) is 6.19. The second-order valence-corrected chi connectivity index (χ2v) is 4.21. The SMILES string of the molecule is CCOc1ccc(N(C)C(=O)CC(C)=O)cc1C. The number of hydrogen-bond donors (Lipinski definition) is 0. The van der Waals surface area contributed by atoms with Gasteiger partial charge in [0.05, 0.1) is 13.0 Å². The van der Waals surface area contributed by atoms with Gasteiger partial charge in [0.15, 0.2) is 0 Å². The van der Waals surface area contributed by atoms with Gasteiger partial charge >= 0.3 is 0 Å². The molecular formula is C14H19NO3. The van der Waals surface area contributed by atoms with Crippen LogP contribution in [0.5, 0.6) is 5.75 Å². The van der Waals surface area contributed by atoms with E-state index in [9.17, 15) is 9.59 Å². The molecule has 18 heavy (non-hydrogen) atoms. The number of ether oxygens (including phenoxy) is 1. The maximum Gasteiger partial charge on any atom is 0.234 e. The minimum Gasteiger partial charge on any atom is -0.494 e. The standard InChI is InChI=1S/C14H19NO3/c1-5-18-13-7-6-12(8-10(13)2)15(4)14(17)9-11(3)16/h6-8H,5,9H2,1-4H3. The van der Waals surface area contributed by atoms with Gasteiger partial charge in [-0.15, -0.1) is 0 Å². The average molecular weight is 249 g/mol. The van der Waals surface area contributed by atoms with E-state index >= 15 is 0 Å². The number of benzene rings is 1. The van der Waals surface area contributed by atoms with Crippen molar-refractivity contribution in [3.05, 3.63) is 23.8 Å². The Hall–Kier alpha value is -1.84. The van der Waals surface area contributed by atoms with Gasteiger partial charge in [-0.1, -0.05) is 0 Å². The number of nitrogens with zero attached hydrogens (tertiary/aromatic N) is 1. The highest BCUT2D eigenvalue weighted by Crippen LogP contribution is 2.24. The minimum absolute atomic E-state index is 0.0667. The molecule has 0 aliphatic heterocycles. The number of amides is 1. The molecule has 0 aliphatic rings. The Morgan fingerprint density at radius 2 is 2.00 bits per heavy atom. The van der Waals surface area contributed by atoms with Crippen LogP contribution in [0.25, 0.3) is 0 Å². The summed E-state index contributed by atoms with van der Waals surface area (Å²) in [6.45, 7) is 5.88. The summed E-state index contributed by atoms with van der Waals surface area (Å²) in [4.78, 5) is 24.2. The molecule has 0 saturated heterocycles. The van der Waals surface area contributed by atoms with Crippen molar-refractivity contribution in [3.63, 3.8) is 0 Å². The summed E-state index contributed by atoms with van der Waals surface area (Å²) in [5.41, 5.74) is 1.74.